The summed E-state index contributed by atoms with van der Waals surface area (Å²) in [5, 5.41) is 3.28. The summed E-state index contributed by atoms with van der Waals surface area (Å²) in [6, 6.07) is 8.27. The molecular weight excluding hydrogens is 218 g/mol. The Bertz CT molecular complexity index is 350. The van der Waals surface area contributed by atoms with Crippen LogP contribution in [0, 0.1) is 0 Å². The zero-order valence-corrected chi connectivity index (χ0v) is 10.3. The summed E-state index contributed by atoms with van der Waals surface area (Å²) in [6.45, 7) is 1.39. The van der Waals surface area contributed by atoms with Gasteiger partial charge in [-0.15, -0.1) is 0 Å². The molecule has 1 N–H and O–H groups in total. The molecule has 0 saturated carbocycles. The van der Waals surface area contributed by atoms with Crippen LogP contribution < -0.4 is 10.1 Å². The van der Waals surface area contributed by atoms with Crippen molar-refractivity contribution in [2.24, 2.45) is 0 Å². The molecule has 0 radical (unpaired) electrons. The van der Waals surface area contributed by atoms with Crippen LogP contribution in [0.4, 0.5) is 0 Å². The third-order valence-corrected chi connectivity index (χ3v) is 2.96. The van der Waals surface area contributed by atoms with Gasteiger partial charge >= 0.3 is 0 Å². The van der Waals surface area contributed by atoms with Crippen LogP contribution in [0.1, 0.15) is 18.0 Å². The maximum absolute atomic E-state index is 5.47. The zero-order valence-electron chi connectivity index (χ0n) is 10.3. The molecule has 94 valence electrons. The normalized spacial score (nSPS) is 18.2. The van der Waals surface area contributed by atoms with Crippen molar-refractivity contribution in [3.63, 3.8) is 0 Å². The second-order valence-corrected chi connectivity index (χ2v) is 4.02. The van der Waals surface area contributed by atoms with E-state index in [9.17, 15) is 0 Å². The predicted octanol–water partition coefficient (Wildman–Crippen LogP) is 1.72. The first-order valence-electron chi connectivity index (χ1n) is 5.88. The maximum atomic E-state index is 5.47. The van der Waals surface area contributed by atoms with Crippen LogP contribution in [0.25, 0.3) is 0 Å². The molecule has 2 rings (SSSR count). The highest BCUT2D eigenvalue weighted by Crippen LogP contribution is 2.24. The lowest BCUT2D eigenvalue weighted by molar-refractivity contribution is -0.0526. The van der Waals surface area contributed by atoms with E-state index in [1.54, 1.807) is 7.11 Å². The molecule has 1 heterocycles. The molecule has 1 aromatic rings. The van der Waals surface area contributed by atoms with Crippen LogP contribution >= 0.6 is 0 Å². The van der Waals surface area contributed by atoms with Gasteiger partial charge in [0.25, 0.3) is 0 Å². The molecule has 4 nitrogen and oxygen atoms in total. The number of rotatable bonds is 5. The minimum absolute atomic E-state index is 0.0985. The molecule has 4 heteroatoms. The Labute approximate surface area is 102 Å². The quantitative estimate of drug-likeness (QED) is 0.846. The molecule has 1 aliphatic heterocycles. The van der Waals surface area contributed by atoms with E-state index in [1.807, 2.05) is 25.2 Å². The molecule has 1 atom stereocenters. The van der Waals surface area contributed by atoms with Crippen LogP contribution in [0.2, 0.25) is 0 Å². The predicted molar refractivity (Wildman–Crippen MR) is 65.1 cm³/mol. The summed E-state index contributed by atoms with van der Waals surface area (Å²) in [6.07, 6.45) is 0.711. The van der Waals surface area contributed by atoms with E-state index in [1.165, 1.54) is 5.56 Å². The SMILES string of the molecule is CNC(CC1OCCO1)c1cccc(OC)c1. The number of ether oxygens (including phenoxy) is 3. The maximum Gasteiger partial charge on any atom is 0.159 e. The van der Waals surface area contributed by atoms with Crippen molar-refractivity contribution >= 4 is 0 Å². The Morgan fingerprint density at radius 1 is 1.41 bits per heavy atom. The molecule has 1 fully saturated rings. The van der Waals surface area contributed by atoms with Gasteiger partial charge in [-0.05, 0) is 24.7 Å². The standard InChI is InChI=1S/C13H19NO3/c1-14-12(9-13-16-6-7-17-13)10-4-3-5-11(8-10)15-2/h3-5,8,12-14H,6-7,9H2,1-2H3. The lowest BCUT2D eigenvalue weighted by Crippen LogP contribution is -2.23. The largest absolute Gasteiger partial charge is 0.497 e. The molecule has 0 bridgehead atoms. The average molecular weight is 237 g/mol. The van der Waals surface area contributed by atoms with Crippen LogP contribution in [0.3, 0.4) is 0 Å². The topological polar surface area (TPSA) is 39.7 Å². The Balaban J connectivity index is 2.04. The first-order valence-corrected chi connectivity index (χ1v) is 5.88. The van der Waals surface area contributed by atoms with Crippen molar-refractivity contribution in [3.05, 3.63) is 29.8 Å². The summed E-state index contributed by atoms with van der Waals surface area (Å²) in [7, 11) is 3.62. The van der Waals surface area contributed by atoms with Gasteiger partial charge in [0, 0.05) is 12.5 Å². The lowest BCUT2D eigenvalue weighted by Gasteiger charge is -2.20. The number of hydrogen-bond acceptors (Lipinski definition) is 4. The molecule has 1 saturated heterocycles. The smallest absolute Gasteiger partial charge is 0.159 e. The third-order valence-electron chi connectivity index (χ3n) is 2.96. The average Bonchev–Trinajstić information content (AvgIpc) is 2.89. The monoisotopic (exact) mass is 237 g/mol. The van der Waals surface area contributed by atoms with E-state index < -0.39 is 0 Å². The Hall–Kier alpha value is -1.10. The Morgan fingerprint density at radius 3 is 2.82 bits per heavy atom. The summed E-state index contributed by atoms with van der Waals surface area (Å²) >= 11 is 0. The Morgan fingerprint density at radius 2 is 2.18 bits per heavy atom. The minimum atomic E-state index is -0.0985. The molecule has 1 unspecified atom stereocenters. The molecule has 17 heavy (non-hydrogen) atoms. The number of methoxy groups -OCH3 is 1. The fourth-order valence-electron chi connectivity index (χ4n) is 2.01. The fraction of sp³-hybridized carbons (Fsp3) is 0.538. The van der Waals surface area contributed by atoms with Crippen LogP contribution in [-0.4, -0.2) is 33.7 Å². The van der Waals surface area contributed by atoms with Crippen molar-refractivity contribution in [1.82, 2.24) is 5.32 Å². The van der Waals surface area contributed by atoms with Crippen LogP contribution in [0.5, 0.6) is 5.75 Å². The second-order valence-electron chi connectivity index (χ2n) is 4.02. The first kappa shape index (κ1) is 12.4. The molecule has 0 amide bonds. The van der Waals surface area contributed by atoms with Crippen molar-refractivity contribution in [1.29, 1.82) is 0 Å². The van der Waals surface area contributed by atoms with Crippen molar-refractivity contribution in [2.45, 2.75) is 18.8 Å². The molecule has 0 aliphatic carbocycles. The highest BCUT2D eigenvalue weighted by Gasteiger charge is 2.21. The van der Waals surface area contributed by atoms with E-state index in [4.69, 9.17) is 14.2 Å². The number of hydrogen-bond donors (Lipinski definition) is 1. The third kappa shape index (κ3) is 3.19. The van der Waals surface area contributed by atoms with E-state index in [-0.39, 0.29) is 12.3 Å². The van der Waals surface area contributed by atoms with E-state index in [0.29, 0.717) is 13.2 Å². The molecular formula is C13H19NO3. The van der Waals surface area contributed by atoms with Crippen molar-refractivity contribution in [2.75, 3.05) is 27.4 Å². The summed E-state index contributed by atoms with van der Waals surface area (Å²) < 4.78 is 16.2. The molecule has 1 aromatic carbocycles. The van der Waals surface area contributed by atoms with E-state index in [2.05, 4.69) is 11.4 Å². The van der Waals surface area contributed by atoms with E-state index >= 15 is 0 Å². The van der Waals surface area contributed by atoms with Gasteiger partial charge in [0.1, 0.15) is 5.75 Å². The van der Waals surface area contributed by atoms with Crippen LogP contribution in [0.15, 0.2) is 24.3 Å². The number of nitrogens with one attached hydrogen (secondary N) is 1. The summed E-state index contributed by atoms with van der Waals surface area (Å²) in [5.41, 5.74) is 1.19. The zero-order chi connectivity index (χ0) is 12.1. The molecule has 0 spiro atoms. The summed E-state index contributed by atoms with van der Waals surface area (Å²) in [5.74, 6) is 0.871. The highest BCUT2D eigenvalue weighted by molar-refractivity contribution is 5.30. The van der Waals surface area contributed by atoms with Gasteiger partial charge < -0.3 is 19.5 Å². The highest BCUT2D eigenvalue weighted by atomic mass is 16.7. The van der Waals surface area contributed by atoms with Crippen molar-refractivity contribution in [3.8, 4) is 5.75 Å². The summed E-state index contributed by atoms with van der Waals surface area (Å²) in [4.78, 5) is 0. The Kier molecular flexibility index (Phi) is 4.36. The van der Waals surface area contributed by atoms with Gasteiger partial charge in [0.15, 0.2) is 6.29 Å². The van der Waals surface area contributed by atoms with Crippen LogP contribution in [-0.2, 0) is 9.47 Å². The second kappa shape index (κ2) is 6.00. The van der Waals surface area contributed by atoms with Gasteiger partial charge in [-0.25, -0.2) is 0 Å². The van der Waals surface area contributed by atoms with Crippen molar-refractivity contribution < 1.29 is 14.2 Å². The van der Waals surface area contributed by atoms with Gasteiger partial charge in [-0.2, -0.15) is 0 Å². The number of benzene rings is 1. The minimum Gasteiger partial charge on any atom is -0.497 e. The lowest BCUT2D eigenvalue weighted by atomic mass is 10.0. The van der Waals surface area contributed by atoms with Gasteiger partial charge in [0.05, 0.1) is 20.3 Å². The molecule has 0 aromatic heterocycles. The van der Waals surface area contributed by atoms with E-state index in [0.717, 1.165) is 12.2 Å². The van der Waals surface area contributed by atoms with Gasteiger partial charge in [-0.1, -0.05) is 12.1 Å². The van der Waals surface area contributed by atoms with Gasteiger partial charge in [-0.3, -0.25) is 0 Å². The van der Waals surface area contributed by atoms with Gasteiger partial charge in [0.2, 0.25) is 0 Å². The fourth-order valence-corrected chi connectivity index (χ4v) is 2.01. The molecule has 1 aliphatic rings. The first-order chi connectivity index (χ1) is 8.33.